The van der Waals surface area contributed by atoms with Gasteiger partial charge in [0.2, 0.25) is 0 Å². The highest BCUT2D eigenvalue weighted by atomic mass is 35.5. The summed E-state index contributed by atoms with van der Waals surface area (Å²) in [4.78, 5) is 4.43. The third-order valence-electron chi connectivity index (χ3n) is 3.36. The lowest BCUT2D eigenvalue weighted by Gasteiger charge is -2.13. The highest BCUT2D eigenvalue weighted by Crippen LogP contribution is 2.31. The van der Waals surface area contributed by atoms with E-state index in [2.05, 4.69) is 31.0 Å². The molecule has 0 bridgehead atoms. The molecule has 2 heterocycles. The van der Waals surface area contributed by atoms with Crippen LogP contribution < -0.4 is 0 Å². The Morgan fingerprint density at radius 2 is 1.95 bits per heavy atom. The summed E-state index contributed by atoms with van der Waals surface area (Å²) in [5.74, 6) is 0.488. The fourth-order valence-electron chi connectivity index (χ4n) is 2.25. The number of hydrogen-bond acceptors (Lipinski definition) is 3. The minimum absolute atomic E-state index is 0.382. The van der Waals surface area contributed by atoms with Crippen molar-refractivity contribution in [3.63, 3.8) is 0 Å². The van der Waals surface area contributed by atoms with E-state index in [1.54, 1.807) is 0 Å². The van der Waals surface area contributed by atoms with Crippen molar-refractivity contribution in [1.29, 1.82) is 0 Å². The van der Waals surface area contributed by atoms with E-state index < -0.39 is 0 Å². The Kier molecular flexibility index (Phi) is 3.44. The van der Waals surface area contributed by atoms with Crippen LogP contribution in [0.4, 0.5) is 0 Å². The van der Waals surface area contributed by atoms with Crippen LogP contribution in [0, 0.1) is 0 Å². The van der Waals surface area contributed by atoms with E-state index in [-0.39, 0.29) is 6.29 Å². The zero-order valence-corrected chi connectivity index (χ0v) is 11.8. The number of halogens is 1. The van der Waals surface area contributed by atoms with Crippen LogP contribution in [-0.2, 0) is 9.47 Å². The van der Waals surface area contributed by atoms with Gasteiger partial charge >= 0.3 is 0 Å². The average molecular weight is 278 g/mol. The van der Waals surface area contributed by atoms with Gasteiger partial charge < -0.3 is 9.47 Å². The lowest BCUT2D eigenvalue weighted by atomic mass is 10.0. The minimum atomic E-state index is -0.382. The number of ether oxygens (including phenoxy) is 2. The summed E-state index contributed by atoms with van der Waals surface area (Å²) in [7, 11) is 0. The van der Waals surface area contributed by atoms with Gasteiger partial charge in [-0.25, -0.2) is 4.98 Å². The third-order valence-corrected chi connectivity index (χ3v) is 3.66. The lowest BCUT2D eigenvalue weighted by molar-refractivity contribution is -0.0441. The normalized spacial score (nSPS) is 16.6. The Balaban J connectivity index is 2.10. The number of rotatable bonds is 2. The van der Waals surface area contributed by atoms with E-state index in [9.17, 15) is 0 Å². The molecule has 0 N–H and O–H groups in total. The van der Waals surface area contributed by atoms with E-state index in [0.717, 1.165) is 16.5 Å². The van der Waals surface area contributed by atoms with Gasteiger partial charge in [-0.1, -0.05) is 31.5 Å². The summed E-state index contributed by atoms with van der Waals surface area (Å²) in [6.45, 7) is 5.55. The van der Waals surface area contributed by atoms with E-state index in [1.165, 1.54) is 5.56 Å². The van der Waals surface area contributed by atoms with Gasteiger partial charge in [-0.2, -0.15) is 0 Å². The van der Waals surface area contributed by atoms with Crippen LogP contribution >= 0.6 is 11.6 Å². The molecule has 1 aromatic carbocycles. The fraction of sp³-hybridized carbons (Fsp3) is 0.400. The van der Waals surface area contributed by atoms with Crippen LogP contribution in [0.5, 0.6) is 0 Å². The summed E-state index contributed by atoms with van der Waals surface area (Å²) in [5.41, 5.74) is 3.00. The molecular weight excluding hydrogens is 262 g/mol. The third kappa shape index (κ3) is 2.46. The molecule has 1 aromatic heterocycles. The first kappa shape index (κ1) is 12.9. The van der Waals surface area contributed by atoms with Crippen LogP contribution in [0.3, 0.4) is 0 Å². The monoisotopic (exact) mass is 277 g/mol. The number of aromatic nitrogens is 1. The van der Waals surface area contributed by atoms with Crippen LogP contribution in [0.1, 0.15) is 37.2 Å². The van der Waals surface area contributed by atoms with Crippen molar-refractivity contribution in [2.24, 2.45) is 0 Å². The summed E-state index contributed by atoms with van der Waals surface area (Å²) in [6, 6.07) is 8.28. The van der Waals surface area contributed by atoms with Crippen molar-refractivity contribution >= 4 is 22.5 Å². The van der Waals surface area contributed by atoms with Gasteiger partial charge in [0, 0.05) is 10.9 Å². The van der Waals surface area contributed by atoms with Crippen molar-refractivity contribution in [2.45, 2.75) is 26.1 Å². The molecule has 3 rings (SSSR count). The second-order valence-corrected chi connectivity index (χ2v) is 5.41. The summed E-state index contributed by atoms with van der Waals surface area (Å²) < 4.78 is 11.0. The molecule has 1 saturated heterocycles. The molecule has 1 aliphatic rings. The maximum Gasteiger partial charge on any atom is 0.187 e. The molecule has 3 nitrogen and oxygen atoms in total. The molecule has 0 amide bonds. The van der Waals surface area contributed by atoms with Crippen molar-refractivity contribution in [3.8, 4) is 0 Å². The van der Waals surface area contributed by atoms with Crippen LogP contribution in [0.15, 0.2) is 24.3 Å². The number of pyridine rings is 1. The first-order valence-corrected chi connectivity index (χ1v) is 6.86. The Hall–Kier alpha value is -1.16. The van der Waals surface area contributed by atoms with Crippen molar-refractivity contribution in [1.82, 2.24) is 4.98 Å². The van der Waals surface area contributed by atoms with Crippen LogP contribution in [0.2, 0.25) is 5.15 Å². The molecule has 0 spiro atoms. The molecule has 0 aliphatic carbocycles. The summed E-state index contributed by atoms with van der Waals surface area (Å²) >= 11 is 6.21. The van der Waals surface area contributed by atoms with Crippen molar-refractivity contribution in [3.05, 3.63) is 40.5 Å². The van der Waals surface area contributed by atoms with Gasteiger partial charge in [0.25, 0.3) is 0 Å². The van der Waals surface area contributed by atoms with Gasteiger partial charge in [-0.15, -0.1) is 0 Å². The molecule has 2 aromatic rings. The predicted octanol–water partition coefficient (Wildman–Crippen LogP) is 4.06. The molecule has 0 saturated carbocycles. The number of nitrogens with zero attached hydrogens (tertiary/aromatic N) is 1. The Morgan fingerprint density at radius 3 is 2.63 bits per heavy atom. The van der Waals surface area contributed by atoms with Gasteiger partial charge in [-0.05, 0) is 29.7 Å². The fourth-order valence-corrected chi connectivity index (χ4v) is 2.48. The second-order valence-electron chi connectivity index (χ2n) is 5.05. The Bertz CT molecular complexity index is 606. The Morgan fingerprint density at radius 1 is 1.21 bits per heavy atom. The smallest absolute Gasteiger partial charge is 0.187 e. The molecule has 0 radical (unpaired) electrons. The maximum atomic E-state index is 6.21. The first-order valence-electron chi connectivity index (χ1n) is 6.48. The van der Waals surface area contributed by atoms with E-state index in [4.69, 9.17) is 21.1 Å². The van der Waals surface area contributed by atoms with Crippen LogP contribution in [-0.4, -0.2) is 18.2 Å². The van der Waals surface area contributed by atoms with Gasteiger partial charge in [0.1, 0.15) is 5.15 Å². The minimum Gasteiger partial charge on any atom is -0.346 e. The van der Waals surface area contributed by atoms with Gasteiger partial charge in [0.05, 0.1) is 18.7 Å². The summed E-state index contributed by atoms with van der Waals surface area (Å²) in [6.07, 6.45) is -0.382. The van der Waals surface area contributed by atoms with Gasteiger partial charge in [-0.3, -0.25) is 0 Å². The van der Waals surface area contributed by atoms with Crippen molar-refractivity contribution in [2.75, 3.05) is 13.2 Å². The lowest BCUT2D eigenvalue weighted by Crippen LogP contribution is -2.01. The summed E-state index contributed by atoms with van der Waals surface area (Å²) in [5, 5.41) is 1.53. The molecule has 4 heteroatoms. The maximum absolute atomic E-state index is 6.21. The standard InChI is InChI=1S/C15H16ClNO2/c1-9(2)10-3-4-13-11(7-10)8-12(14(16)17-13)15-18-5-6-19-15/h3-4,7-9,15H,5-6H2,1-2H3. The molecule has 1 fully saturated rings. The molecular formula is C15H16ClNO2. The number of hydrogen-bond donors (Lipinski definition) is 0. The quantitative estimate of drug-likeness (QED) is 0.776. The zero-order chi connectivity index (χ0) is 13.4. The van der Waals surface area contributed by atoms with E-state index >= 15 is 0 Å². The average Bonchev–Trinajstić information content (AvgIpc) is 2.91. The molecule has 19 heavy (non-hydrogen) atoms. The van der Waals surface area contributed by atoms with E-state index in [0.29, 0.717) is 24.3 Å². The van der Waals surface area contributed by atoms with E-state index in [1.807, 2.05) is 12.1 Å². The number of benzene rings is 1. The largest absolute Gasteiger partial charge is 0.346 e. The SMILES string of the molecule is CC(C)c1ccc2nc(Cl)c(C3OCCO3)cc2c1. The molecule has 1 aliphatic heterocycles. The molecule has 0 atom stereocenters. The first-order chi connectivity index (χ1) is 9.15. The number of fused-ring (bicyclic) bond motifs is 1. The Labute approximate surface area is 117 Å². The topological polar surface area (TPSA) is 31.4 Å². The molecule has 100 valence electrons. The predicted molar refractivity (Wildman–Crippen MR) is 75.5 cm³/mol. The highest BCUT2D eigenvalue weighted by molar-refractivity contribution is 6.30. The van der Waals surface area contributed by atoms with Crippen molar-refractivity contribution < 1.29 is 9.47 Å². The highest BCUT2D eigenvalue weighted by Gasteiger charge is 2.22. The van der Waals surface area contributed by atoms with Gasteiger partial charge in [0.15, 0.2) is 6.29 Å². The molecule has 0 unspecified atom stereocenters. The van der Waals surface area contributed by atoms with Crippen LogP contribution in [0.25, 0.3) is 10.9 Å². The zero-order valence-electron chi connectivity index (χ0n) is 11.0. The second kappa shape index (κ2) is 5.08.